The molecule has 0 aromatic heterocycles. The lowest BCUT2D eigenvalue weighted by Gasteiger charge is -2.23. The number of nitrogens with zero attached hydrogens (tertiary/aromatic N) is 1. The number of rotatable bonds is 5. The van der Waals surface area contributed by atoms with Crippen LogP contribution in [-0.2, 0) is 4.79 Å². The standard InChI is InChI=1S/C14H19BrN2OS/c1-17(11-6-8-16-10-11)14(18)7-9-19-13-5-3-2-4-12(13)15/h2-5,11,16H,6-10H2,1H3. The van der Waals surface area contributed by atoms with Gasteiger partial charge in [-0.3, -0.25) is 4.79 Å². The van der Waals surface area contributed by atoms with Gasteiger partial charge in [-0.05, 0) is 41.0 Å². The van der Waals surface area contributed by atoms with Crippen molar-refractivity contribution < 1.29 is 4.79 Å². The van der Waals surface area contributed by atoms with Gasteiger partial charge in [-0.2, -0.15) is 0 Å². The van der Waals surface area contributed by atoms with Crippen molar-refractivity contribution in [2.75, 3.05) is 25.9 Å². The highest BCUT2D eigenvalue weighted by atomic mass is 79.9. The van der Waals surface area contributed by atoms with Gasteiger partial charge < -0.3 is 10.2 Å². The van der Waals surface area contributed by atoms with E-state index >= 15 is 0 Å². The number of hydrogen-bond donors (Lipinski definition) is 1. The number of carbonyl (C=O) groups excluding carboxylic acids is 1. The van der Waals surface area contributed by atoms with Gasteiger partial charge in [0.1, 0.15) is 0 Å². The number of likely N-dealkylation sites (N-methyl/N-ethyl adjacent to an activating group) is 1. The number of halogens is 1. The molecule has 1 aromatic carbocycles. The van der Waals surface area contributed by atoms with E-state index in [1.165, 1.54) is 4.90 Å². The first-order valence-corrected chi connectivity index (χ1v) is 8.30. The molecule has 0 aliphatic carbocycles. The Balaban J connectivity index is 1.76. The average molecular weight is 343 g/mol. The van der Waals surface area contributed by atoms with E-state index in [0.29, 0.717) is 12.5 Å². The molecule has 2 rings (SSSR count). The Bertz CT molecular complexity index is 435. The quantitative estimate of drug-likeness (QED) is 0.835. The van der Waals surface area contributed by atoms with Crippen LogP contribution in [-0.4, -0.2) is 42.7 Å². The SMILES string of the molecule is CN(C(=O)CCSc1ccccc1Br)C1CCNC1. The first-order valence-electron chi connectivity index (χ1n) is 6.52. The Morgan fingerprint density at radius 3 is 3.00 bits per heavy atom. The van der Waals surface area contributed by atoms with Crippen molar-refractivity contribution in [1.82, 2.24) is 10.2 Å². The summed E-state index contributed by atoms with van der Waals surface area (Å²) >= 11 is 5.25. The molecule has 0 spiro atoms. The molecule has 1 atom stereocenters. The van der Waals surface area contributed by atoms with Crippen LogP contribution in [0.1, 0.15) is 12.8 Å². The van der Waals surface area contributed by atoms with Crippen LogP contribution in [0, 0.1) is 0 Å². The molecular formula is C14H19BrN2OS. The summed E-state index contributed by atoms with van der Waals surface area (Å²) in [5.74, 6) is 1.07. The molecule has 0 radical (unpaired) electrons. The second-order valence-electron chi connectivity index (χ2n) is 4.68. The van der Waals surface area contributed by atoms with Crippen molar-refractivity contribution in [3.8, 4) is 0 Å². The van der Waals surface area contributed by atoms with Gasteiger partial charge in [-0.15, -0.1) is 11.8 Å². The summed E-state index contributed by atoms with van der Waals surface area (Å²) < 4.78 is 1.10. The maximum absolute atomic E-state index is 12.1. The van der Waals surface area contributed by atoms with E-state index in [4.69, 9.17) is 0 Å². The maximum Gasteiger partial charge on any atom is 0.223 e. The molecule has 1 aliphatic heterocycles. The first kappa shape index (κ1) is 14.9. The van der Waals surface area contributed by atoms with Crippen molar-refractivity contribution >= 4 is 33.6 Å². The summed E-state index contributed by atoms with van der Waals surface area (Å²) in [5.41, 5.74) is 0. The minimum atomic E-state index is 0.244. The van der Waals surface area contributed by atoms with E-state index in [2.05, 4.69) is 27.3 Å². The second kappa shape index (κ2) is 7.31. The van der Waals surface area contributed by atoms with Crippen molar-refractivity contribution in [1.29, 1.82) is 0 Å². The molecule has 1 amide bonds. The van der Waals surface area contributed by atoms with E-state index in [-0.39, 0.29) is 5.91 Å². The molecule has 0 saturated carbocycles. The van der Waals surface area contributed by atoms with Crippen molar-refractivity contribution in [2.24, 2.45) is 0 Å². The topological polar surface area (TPSA) is 32.3 Å². The highest BCUT2D eigenvalue weighted by Crippen LogP contribution is 2.27. The molecule has 104 valence electrons. The van der Waals surface area contributed by atoms with Crippen LogP contribution in [0.25, 0.3) is 0 Å². The monoisotopic (exact) mass is 342 g/mol. The largest absolute Gasteiger partial charge is 0.341 e. The predicted octanol–water partition coefficient (Wildman–Crippen LogP) is 2.75. The van der Waals surface area contributed by atoms with Gasteiger partial charge >= 0.3 is 0 Å². The van der Waals surface area contributed by atoms with Crippen molar-refractivity contribution in [3.05, 3.63) is 28.7 Å². The molecule has 1 N–H and O–H groups in total. The lowest BCUT2D eigenvalue weighted by Crippen LogP contribution is -2.38. The third-order valence-corrected chi connectivity index (χ3v) is 5.41. The number of carbonyl (C=O) groups is 1. The summed E-state index contributed by atoms with van der Waals surface area (Å²) in [6.07, 6.45) is 1.67. The zero-order valence-electron chi connectivity index (χ0n) is 11.1. The normalized spacial score (nSPS) is 18.5. The number of hydrogen-bond acceptors (Lipinski definition) is 3. The van der Waals surface area contributed by atoms with Crippen LogP contribution in [0.4, 0.5) is 0 Å². The minimum absolute atomic E-state index is 0.244. The number of amides is 1. The summed E-state index contributed by atoms with van der Waals surface area (Å²) in [4.78, 5) is 15.2. The number of nitrogens with one attached hydrogen (secondary N) is 1. The van der Waals surface area contributed by atoms with Gasteiger partial charge in [-0.25, -0.2) is 0 Å². The van der Waals surface area contributed by atoms with Crippen LogP contribution >= 0.6 is 27.7 Å². The smallest absolute Gasteiger partial charge is 0.223 e. The zero-order chi connectivity index (χ0) is 13.7. The van der Waals surface area contributed by atoms with Gasteiger partial charge in [-0.1, -0.05) is 12.1 Å². The Labute approximate surface area is 127 Å². The summed E-state index contributed by atoms with van der Waals surface area (Å²) in [5, 5.41) is 3.29. The maximum atomic E-state index is 12.1. The van der Waals surface area contributed by atoms with Crippen molar-refractivity contribution in [3.63, 3.8) is 0 Å². The predicted molar refractivity (Wildman–Crippen MR) is 83.5 cm³/mol. The lowest BCUT2D eigenvalue weighted by molar-refractivity contribution is -0.131. The molecular weight excluding hydrogens is 324 g/mol. The molecule has 1 aliphatic rings. The van der Waals surface area contributed by atoms with E-state index < -0.39 is 0 Å². The molecule has 1 fully saturated rings. The molecule has 1 aromatic rings. The highest BCUT2D eigenvalue weighted by molar-refractivity contribution is 9.10. The first-order chi connectivity index (χ1) is 9.18. The molecule has 0 bridgehead atoms. The molecule has 5 heteroatoms. The third-order valence-electron chi connectivity index (χ3n) is 3.39. The van der Waals surface area contributed by atoms with E-state index in [1.807, 2.05) is 30.1 Å². The highest BCUT2D eigenvalue weighted by Gasteiger charge is 2.22. The van der Waals surface area contributed by atoms with Crippen molar-refractivity contribution in [2.45, 2.75) is 23.8 Å². The lowest BCUT2D eigenvalue weighted by atomic mass is 10.2. The fourth-order valence-corrected chi connectivity index (χ4v) is 3.67. The summed E-state index contributed by atoms with van der Waals surface area (Å²) in [6.45, 7) is 1.95. The van der Waals surface area contributed by atoms with Crippen LogP contribution in [0.5, 0.6) is 0 Å². The Morgan fingerprint density at radius 2 is 2.32 bits per heavy atom. The molecule has 1 saturated heterocycles. The van der Waals surface area contributed by atoms with Gasteiger partial charge in [0.15, 0.2) is 0 Å². The van der Waals surface area contributed by atoms with Crippen LogP contribution in [0.15, 0.2) is 33.6 Å². The van der Waals surface area contributed by atoms with Gasteiger partial charge in [0.2, 0.25) is 5.91 Å². The van der Waals surface area contributed by atoms with Crippen LogP contribution < -0.4 is 5.32 Å². The summed E-state index contributed by atoms with van der Waals surface area (Å²) in [7, 11) is 1.92. The Kier molecular flexibility index (Phi) is 5.73. The van der Waals surface area contributed by atoms with E-state index in [0.717, 1.165) is 29.7 Å². The Hall–Kier alpha value is -0.520. The van der Waals surface area contributed by atoms with Gasteiger partial charge in [0, 0.05) is 41.2 Å². The zero-order valence-corrected chi connectivity index (χ0v) is 13.5. The van der Waals surface area contributed by atoms with E-state index in [1.54, 1.807) is 11.8 Å². The van der Waals surface area contributed by atoms with Crippen LogP contribution in [0.2, 0.25) is 0 Å². The molecule has 3 nitrogen and oxygen atoms in total. The minimum Gasteiger partial charge on any atom is -0.341 e. The molecule has 19 heavy (non-hydrogen) atoms. The fourth-order valence-electron chi connectivity index (χ4n) is 2.16. The molecule has 1 heterocycles. The number of thioether (sulfide) groups is 1. The molecule has 1 unspecified atom stereocenters. The van der Waals surface area contributed by atoms with Gasteiger partial charge in [0.05, 0.1) is 0 Å². The third kappa shape index (κ3) is 4.23. The average Bonchev–Trinajstić information content (AvgIpc) is 2.94. The van der Waals surface area contributed by atoms with E-state index in [9.17, 15) is 4.79 Å². The van der Waals surface area contributed by atoms with Crippen LogP contribution in [0.3, 0.4) is 0 Å². The fraction of sp³-hybridized carbons (Fsp3) is 0.500. The van der Waals surface area contributed by atoms with Gasteiger partial charge in [0.25, 0.3) is 0 Å². The number of benzene rings is 1. The Morgan fingerprint density at radius 1 is 1.53 bits per heavy atom. The second-order valence-corrected chi connectivity index (χ2v) is 6.67. The summed E-state index contributed by atoms with van der Waals surface area (Å²) in [6, 6.07) is 8.50.